The maximum Gasteiger partial charge on any atom is 0.425 e. The fourth-order valence-corrected chi connectivity index (χ4v) is 10.4. The van der Waals surface area contributed by atoms with E-state index in [1.165, 1.54) is 0 Å². The standard InChI is InChI=1S/C28H36N2O6S.C25H30N2O3.C3H6O3S.2CH4.4O3S/c1-7-10-24(31)22-15-20(16-23(29-22)25(32)11-8-2)19-14-21-27(26(17-19)36-6)30(18(3)28(21,4)5)12-9-13-37(33,34)35;1-7-9-21(28)19-12-17(13-20(27-19)22(29)10-8-2)16-11-18-24(23(14-16)30-6)26-15(3)25(18,4)5;4-7(5)3-1-2-6-7;;;4*1-4(2)3/h14-17H,7-13H2,1-6H3;11-14H,7-10H2,1-6H3;1-3H2;2*1H4;;;;. The van der Waals surface area contributed by atoms with Crippen LogP contribution in [0.1, 0.15) is 201 Å². The van der Waals surface area contributed by atoms with Crippen LogP contribution in [0, 0.1) is 0 Å². The second kappa shape index (κ2) is 39.9. The zero-order valence-electron chi connectivity index (χ0n) is 51.6. The number of nitrogens with zero attached hydrogens (tertiary/aromatic N) is 4. The molecule has 512 valence electrons. The predicted octanol–water partition coefficient (Wildman–Crippen LogP) is 8.15. The van der Waals surface area contributed by atoms with Crippen LogP contribution in [0.25, 0.3) is 22.3 Å². The molecule has 0 amide bonds. The van der Waals surface area contributed by atoms with E-state index < -0.39 is 73.8 Å². The first kappa shape index (κ1) is 86.7. The summed E-state index contributed by atoms with van der Waals surface area (Å²) in [5, 5.41) is 0. The van der Waals surface area contributed by atoms with E-state index in [1.54, 1.807) is 38.5 Å². The van der Waals surface area contributed by atoms with Crippen molar-refractivity contribution in [1.29, 1.82) is 0 Å². The van der Waals surface area contributed by atoms with Crippen molar-refractivity contribution in [1.82, 2.24) is 9.97 Å². The van der Waals surface area contributed by atoms with Crippen molar-refractivity contribution in [2.24, 2.45) is 4.99 Å². The molecule has 5 heterocycles. The number of benzene rings is 2. The summed E-state index contributed by atoms with van der Waals surface area (Å²) in [5.74, 6) is 0.739. The van der Waals surface area contributed by atoms with Gasteiger partial charge in [-0.1, -0.05) is 56.4 Å². The van der Waals surface area contributed by atoms with E-state index >= 15 is 0 Å². The van der Waals surface area contributed by atoms with Crippen LogP contribution in [0.3, 0.4) is 0 Å². The maximum absolute atomic E-state index is 12.8. The minimum Gasteiger partial charge on any atom is -0.748 e. The number of hydrogen-bond acceptors (Lipinski definition) is 27. The number of fused-ring (bicyclic) bond motifs is 2. The van der Waals surface area contributed by atoms with Crippen LogP contribution in [0.5, 0.6) is 11.5 Å². The lowest BCUT2D eigenvalue weighted by molar-refractivity contribution is -0.439. The van der Waals surface area contributed by atoms with Gasteiger partial charge in [-0.2, -0.15) is 13.0 Å². The molecule has 0 radical (unpaired) electrons. The first-order valence-corrected chi connectivity index (χ1v) is 34.5. The number of ketones is 4. The Balaban J connectivity index is 0. The number of carbonyl (C=O) groups is 4. The minimum absolute atomic E-state index is 0. The van der Waals surface area contributed by atoms with E-state index in [2.05, 4.69) is 47.9 Å². The second-order valence-corrected chi connectivity index (χ2v) is 25.6. The third-order valence-electron chi connectivity index (χ3n) is 13.6. The van der Waals surface area contributed by atoms with Gasteiger partial charge in [0.1, 0.15) is 40.8 Å². The van der Waals surface area contributed by atoms with Gasteiger partial charge in [0.05, 0.1) is 42.1 Å². The second-order valence-electron chi connectivity index (χ2n) is 20.6. The summed E-state index contributed by atoms with van der Waals surface area (Å²) < 4.78 is 173. The summed E-state index contributed by atoms with van der Waals surface area (Å²) in [6, 6.07) is 15.0. The number of Topliss-reactive ketones (excluding diaryl/α,β-unsaturated/α-hetero) is 4. The minimum atomic E-state index is -4.31. The summed E-state index contributed by atoms with van der Waals surface area (Å²) in [4.78, 5) is 64.2. The van der Waals surface area contributed by atoms with Gasteiger partial charge in [0.2, 0.25) is 0 Å². The molecule has 28 nitrogen and oxygen atoms in total. The summed E-state index contributed by atoms with van der Waals surface area (Å²) in [6.07, 6.45) is 5.20. The molecule has 7 rings (SSSR count). The van der Waals surface area contributed by atoms with Crippen LogP contribution in [-0.2, 0) is 77.7 Å². The van der Waals surface area contributed by atoms with Gasteiger partial charge in [0.25, 0.3) is 15.8 Å². The number of aliphatic imine (C=N–C) groups is 1. The Labute approximate surface area is 543 Å². The molecule has 92 heavy (non-hydrogen) atoms. The van der Waals surface area contributed by atoms with Crippen molar-refractivity contribution in [3.8, 4) is 33.8 Å². The van der Waals surface area contributed by atoms with Crippen LogP contribution in [0.15, 0.2) is 53.5 Å². The SMILES string of the molecule is C.C.CCCC(=O)c1cc(-c2cc(OC)c3c(c2)C(C)(C)C(C)=N3)cc(C(=O)CCC)n1.CCCC(=O)c1cc(-c2cc(OC)c3c(c2)C(C)(C)C(C)=[N+]3CCCS(=O)(=O)[O-])cc(C(=O)CCC)n1.O=S(=O)=O.O=S(=O)=O.O=S(=O)=O.O=S(=O)=O.O=S1(=O)CCCO1. The molecule has 0 atom stereocenters. The largest absolute Gasteiger partial charge is 0.748 e. The molecule has 0 aliphatic carbocycles. The Morgan fingerprint density at radius 2 is 0.913 bits per heavy atom. The summed E-state index contributed by atoms with van der Waals surface area (Å²) >= 11 is 0. The molecule has 0 N–H and O–H groups in total. The van der Waals surface area contributed by atoms with Gasteiger partial charge in [-0.25, -0.2) is 18.4 Å². The number of pyridine rings is 2. The third kappa shape index (κ3) is 27.9. The molecule has 0 spiro atoms. The first-order valence-electron chi connectivity index (χ1n) is 27.4. The number of carbonyl (C=O) groups excluding carboxylic acids is 4. The fourth-order valence-electron chi connectivity index (χ4n) is 8.96. The van der Waals surface area contributed by atoms with E-state index in [0.717, 1.165) is 63.5 Å². The van der Waals surface area contributed by atoms with Crippen LogP contribution in [0.2, 0.25) is 0 Å². The van der Waals surface area contributed by atoms with Crippen LogP contribution in [0.4, 0.5) is 11.4 Å². The van der Waals surface area contributed by atoms with Crippen molar-refractivity contribution in [2.45, 2.75) is 159 Å². The summed E-state index contributed by atoms with van der Waals surface area (Å²) in [7, 11) is -16.6. The molecular weight excluding hydrogens is 1330 g/mol. The maximum atomic E-state index is 12.8. The Morgan fingerprint density at radius 3 is 1.21 bits per heavy atom. The molecule has 1 saturated heterocycles. The highest BCUT2D eigenvalue weighted by atomic mass is 32.2. The van der Waals surface area contributed by atoms with E-state index in [-0.39, 0.29) is 67.0 Å². The zero-order valence-corrected chi connectivity index (χ0v) is 56.5. The Kier molecular flexibility index (Phi) is 37.6. The highest BCUT2D eigenvalue weighted by Gasteiger charge is 2.45. The molecule has 0 saturated carbocycles. The monoisotopic (exact) mass is 1410 g/mol. The lowest BCUT2D eigenvalue weighted by atomic mass is 9.81. The van der Waals surface area contributed by atoms with Crippen LogP contribution < -0.4 is 9.47 Å². The van der Waals surface area contributed by atoms with Crippen molar-refractivity contribution in [2.75, 3.05) is 38.9 Å². The Bertz CT molecular complexity index is 3870. The predicted molar refractivity (Wildman–Crippen MR) is 339 cm³/mol. The molecule has 3 aliphatic rings. The van der Waals surface area contributed by atoms with Gasteiger partial charge in [-0.15, -0.1) is 50.5 Å². The Hall–Kier alpha value is -7.34. The molecule has 1 fully saturated rings. The number of hydrogen-bond donors (Lipinski definition) is 0. The molecule has 34 heteroatoms. The van der Waals surface area contributed by atoms with E-state index in [1.807, 2.05) is 64.3 Å². The van der Waals surface area contributed by atoms with Gasteiger partial charge in [0.15, 0.2) is 34.6 Å². The van der Waals surface area contributed by atoms with Crippen molar-refractivity contribution in [3.63, 3.8) is 0 Å². The van der Waals surface area contributed by atoms with Crippen molar-refractivity contribution < 1.29 is 109 Å². The molecule has 0 bridgehead atoms. The number of ether oxygens (including phenoxy) is 2. The molecule has 3 aliphatic heterocycles. The summed E-state index contributed by atoms with van der Waals surface area (Å²) in [6.45, 7) is 20.9. The first-order chi connectivity index (χ1) is 41.7. The molecule has 2 aromatic carbocycles. The lowest BCUT2D eigenvalue weighted by Crippen LogP contribution is -2.27. The highest BCUT2D eigenvalue weighted by molar-refractivity contribution is 7.86. The molecule has 4 aromatic rings. The van der Waals surface area contributed by atoms with E-state index in [9.17, 15) is 40.6 Å². The number of aromatic nitrogens is 2. The van der Waals surface area contributed by atoms with Crippen molar-refractivity contribution >= 4 is 109 Å². The normalized spacial score (nSPS) is 13.7. The zero-order chi connectivity index (χ0) is 69.2. The van der Waals surface area contributed by atoms with Crippen molar-refractivity contribution in [3.05, 3.63) is 82.4 Å². The topological polar surface area (TPSA) is 433 Å². The third-order valence-corrected chi connectivity index (χ3v) is 15.7. The van der Waals surface area contributed by atoms with Gasteiger partial charge < -0.3 is 14.0 Å². The van der Waals surface area contributed by atoms with Gasteiger partial charge in [0, 0.05) is 61.5 Å². The molecular formula is C58H80N4O24S6. The van der Waals surface area contributed by atoms with Crippen LogP contribution >= 0.6 is 0 Å². The fraction of sp³-hybridized carbons (Fsp3) is 0.517. The summed E-state index contributed by atoms with van der Waals surface area (Å²) in [5.41, 5.74) is 9.59. The van der Waals surface area contributed by atoms with Gasteiger partial charge in [-0.05, 0) is 129 Å². The highest BCUT2D eigenvalue weighted by Crippen LogP contribution is 2.49. The molecule has 0 unspecified atom stereocenters. The smallest absolute Gasteiger partial charge is 0.425 e. The average molecular weight is 1410 g/mol. The Morgan fingerprint density at radius 1 is 0.576 bits per heavy atom. The lowest BCUT2D eigenvalue weighted by Gasteiger charge is -2.21. The molecule has 2 aromatic heterocycles. The number of rotatable bonds is 20. The van der Waals surface area contributed by atoms with E-state index in [4.69, 9.17) is 65.0 Å². The van der Waals surface area contributed by atoms with Gasteiger partial charge >= 0.3 is 42.4 Å². The van der Waals surface area contributed by atoms with Crippen LogP contribution in [-0.4, -0.2) is 160 Å². The quantitative estimate of drug-likeness (QED) is 0.0348. The number of methoxy groups -OCH3 is 2. The average Bonchev–Trinajstić information content (AvgIpc) is 1.57. The van der Waals surface area contributed by atoms with Gasteiger partial charge in [-0.3, -0.25) is 28.4 Å². The van der Waals surface area contributed by atoms with E-state index in [0.29, 0.717) is 86.5 Å².